The molecular formula is C26H23ClO4. The van der Waals surface area contributed by atoms with Crippen molar-refractivity contribution < 1.29 is 19.0 Å². The van der Waals surface area contributed by atoms with Crippen LogP contribution < -0.4 is 14.2 Å². The summed E-state index contributed by atoms with van der Waals surface area (Å²) in [6, 6.07) is 18.2. The van der Waals surface area contributed by atoms with E-state index in [9.17, 15) is 4.79 Å². The Hall–Kier alpha value is -3.50. The molecule has 0 N–H and O–H groups in total. The van der Waals surface area contributed by atoms with E-state index in [1.165, 1.54) is 6.08 Å². The minimum atomic E-state index is -0.125. The number of hydrogen-bond acceptors (Lipinski definition) is 4. The summed E-state index contributed by atoms with van der Waals surface area (Å²) in [6.07, 6.45) is 7.21. The van der Waals surface area contributed by atoms with Gasteiger partial charge in [-0.05, 0) is 65.7 Å². The molecule has 158 valence electrons. The van der Waals surface area contributed by atoms with Gasteiger partial charge in [0.15, 0.2) is 5.78 Å². The topological polar surface area (TPSA) is 44.8 Å². The molecule has 0 spiro atoms. The number of ether oxygens (including phenoxy) is 3. The first-order chi connectivity index (χ1) is 15.0. The monoisotopic (exact) mass is 434 g/mol. The molecule has 0 aliphatic carbocycles. The van der Waals surface area contributed by atoms with Gasteiger partial charge in [-0.3, -0.25) is 4.79 Å². The number of benzene rings is 3. The molecular weight excluding hydrogens is 412 g/mol. The number of ketones is 1. The van der Waals surface area contributed by atoms with Crippen LogP contribution >= 0.6 is 11.6 Å². The van der Waals surface area contributed by atoms with Crippen LogP contribution in [0.5, 0.6) is 17.2 Å². The Morgan fingerprint density at radius 2 is 1.45 bits per heavy atom. The SMILES string of the molecule is COc1ccc(/C=C/c2cc(OC)cc(OC)c2/C=C/C(=O)c2ccc(Cl)cc2)cc1. The standard InChI is InChI=1S/C26H23ClO4/c1-29-22-12-5-18(6-13-22)4-7-20-16-23(30-2)17-26(31-3)24(20)14-15-25(28)19-8-10-21(27)11-9-19/h4-17H,1-3H3/b7-4+,15-14+. The Morgan fingerprint density at radius 1 is 0.774 bits per heavy atom. The number of rotatable bonds is 8. The van der Waals surface area contributed by atoms with E-state index in [-0.39, 0.29) is 5.78 Å². The summed E-state index contributed by atoms with van der Waals surface area (Å²) >= 11 is 5.91. The van der Waals surface area contributed by atoms with E-state index in [1.807, 2.05) is 42.5 Å². The van der Waals surface area contributed by atoms with E-state index in [2.05, 4.69) is 0 Å². The van der Waals surface area contributed by atoms with Crippen LogP contribution in [0.2, 0.25) is 5.02 Å². The van der Waals surface area contributed by atoms with Gasteiger partial charge in [0.1, 0.15) is 17.2 Å². The zero-order valence-electron chi connectivity index (χ0n) is 17.6. The van der Waals surface area contributed by atoms with Crippen molar-refractivity contribution in [3.8, 4) is 17.2 Å². The maximum absolute atomic E-state index is 12.6. The quantitative estimate of drug-likeness (QED) is 0.233. The third-order valence-corrected chi connectivity index (χ3v) is 4.96. The van der Waals surface area contributed by atoms with Gasteiger partial charge in [-0.1, -0.05) is 35.9 Å². The fourth-order valence-corrected chi connectivity index (χ4v) is 3.12. The van der Waals surface area contributed by atoms with Gasteiger partial charge in [0.25, 0.3) is 0 Å². The van der Waals surface area contributed by atoms with Gasteiger partial charge >= 0.3 is 0 Å². The van der Waals surface area contributed by atoms with Gasteiger partial charge in [-0.15, -0.1) is 0 Å². The first-order valence-electron chi connectivity index (χ1n) is 9.60. The molecule has 31 heavy (non-hydrogen) atoms. The molecule has 0 radical (unpaired) electrons. The molecule has 0 saturated heterocycles. The van der Waals surface area contributed by atoms with Crippen LogP contribution in [-0.2, 0) is 0 Å². The molecule has 4 nitrogen and oxygen atoms in total. The zero-order valence-corrected chi connectivity index (χ0v) is 18.3. The molecule has 3 aromatic carbocycles. The van der Waals surface area contributed by atoms with Crippen molar-refractivity contribution in [3.63, 3.8) is 0 Å². The highest BCUT2D eigenvalue weighted by Crippen LogP contribution is 2.31. The molecule has 0 saturated carbocycles. The van der Waals surface area contributed by atoms with Crippen LogP contribution in [0.4, 0.5) is 0 Å². The minimum absolute atomic E-state index is 0.125. The summed E-state index contributed by atoms with van der Waals surface area (Å²) < 4.78 is 16.2. The lowest BCUT2D eigenvalue weighted by Crippen LogP contribution is -1.96. The lowest BCUT2D eigenvalue weighted by molar-refractivity contribution is 0.104. The smallest absolute Gasteiger partial charge is 0.185 e. The van der Waals surface area contributed by atoms with Gasteiger partial charge < -0.3 is 14.2 Å². The Labute approximate surface area is 187 Å². The Balaban J connectivity index is 1.96. The Bertz CT molecular complexity index is 1100. The summed E-state index contributed by atoms with van der Waals surface area (Å²) in [7, 11) is 4.83. The van der Waals surface area contributed by atoms with Crippen molar-refractivity contribution in [2.75, 3.05) is 21.3 Å². The lowest BCUT2D eigenvalue weighted by atomic mass is 10.0. The number of allylic oxidation sites excluding steroid dienone is 1. The highest BCUT2D eigenvalue weighted by molar-refractivity contribution is 6.30. The Kier molecular flexibility index (Phi) is 7.52. The maximum atomic E-state index is 12.6. The highest BCUT2D eigenvalue weighted by atomic mass is 35.5. The van der Waals surface area contributed by atoms with Crippen molar-refractivity contribution >= 4 is 35.6 Å². The minimum Gasteiger partial charge on any atom is -0.497 e. The fourth-order valence-electron chi connectivity index (χ4n) is 3.00. The van der Waals surface area contributed by atoms with Gasteiger partial charge in [0.05, 0.1) is 21.3 Å². The predicted octanol–water partition coefficient (Wildman–Crippen LogP) is 6.43. The Morgan fingerprint density at radius 3 is 2.06 bits per heavy atom. The molecule has 0 aliphatic rings. The van der Waals surface area contributed by atoms with E-state index in [0.717, 1.165) is 22.4 Å². The second-order valence-electron chi connectivity index (χ2n) is 6.64. The van der Waals surface area contributed by atoms with Crippen LogP contribution in [-0.4, -0.2) is 27.1 Å². The van der Waals surface area contributed by atoms with Crippen LogP contribution in [0, 0.1) is 0 Å². The molecule has 0 bridgehead atoms. The lowest BCUT2D eigenvalue weighted by Gasteiger charge is -2.11. The maximum Gasteiger partial charge on any atom is 0.185 e. The van der Waals surface area contributed by atoms with Gasteiger partial charge in [-0.2, -0.15) is 0 Å². The third-order valence-electron chi connectivity index (χ3n) is 4.70. The van der Waals surface area contributed by atoms with Crippen molar-refractivity contribution in [1.82, 2.24) is 0 Å². The van der Waals surface area contributed by atoms with Gasteiger partial charge in [0.2, 0.25) is 0 Å². The van der Waals surface area contributed by atoms with E-state index in [4.69, 9.17) is 25.8 Å². The average Bonchev–Trinajstić information content (AvgIpc) is 2.81. The highest BCUT2D eigenvalue weighted by Gasteiger charge is 2.10. The molecule has 3 rings (SSSR count). The first kappa shape index (κ1) is 22.2. The van der Waals surface area contributed by atoms with Crippen LogP contribution in [0.1, 0.15) is 27.0 Å². The molecule has 0 aliphatic heterocycles. The number of carbonyl (C=O) groups excluding carboxylic acids is 1. The van der Waals surface area contributed by atoms with Crippen molar-refractivity contribution in [3.05, 3.63) is 94.0 Å². The molecule has 5 heteroatoms. The van der Waals surface area contributed by atoms with Crippen molar-refractivity contribution in [1.29, 1.82) is 0 Å². The molecule has 0 fully saturated rings. The van der Waals surface area contributed by atoms with Crippen LogP contribution in [0.3, 0.4) is 0 Å². The zero-order chi connectivity index (χ0) is 22.2. The molecule has 3 aromatic rings. The largest absolute Gasteiger partial charge is 0.497 e. The fraction of sp³-hybridized carbons (Fsp3) is 0.115. The molecule has 0 heterocycles. The summed E-state index contributed by atoms with van der Waals surface area (Å²) in [5, 5.41) is 0.586. The number of methoxy groups -OCH3 is 3. The number of carbonyl (C=O) groups is 1. The van der Waals surface area contributed by atoms with E-state index in [0.29, 0.717) is 22.1 Å². The third kappa shape index (κ3) is 5.77. The summed E-state index contributed by atoms with van der Waals surface area (Å²) in [5.74, 6) is 1.94. The van der Waals surface area contributed by atoms with Gasteiger partial charge in [-0.25, -0.2) is 0 Å². The molecule has 0 amide bonds. The summed E-state index contributed by atoms with van der Waals surface area (Å²) in [5.41, 5.74) is 3.20. The molecule has 0 unspecified atom stereocenters. The number of halogens is 1. The van der Waals surface area contributed by atoms with Crippen LogP contribution in [0.25, 0.3) is 18.2 Å². The normalized spacial score (nSPS) is 11.1. The summed E-state index contributed by atoms with van der Waals surface area (Å²) in [6.45, 7) is 0. The molecule has 0 atom stereocenters. The van der Waals surface area contributed by atoms with Crippen molar-refractivity contribution in [2.24, 2.45) is 0 Å². The second kappa shape index (κ2) is 10.5. The van der Waals surface area contributed by atoms with Crippen molar-refractivity contribution in [2.45, 2.75) is 0 Å². The summed E-state index contributed by atoms with van der Waals surface area (Å²) in [4.78, 5) is 12.6. The second-order valence-corrected chi connectivity index (χ2v) is 7.08. The van der Waals surface area contributed by atoms with Crippen LogP contribution in [0.15, 0.2) is 66.7 Å². The predicted molar refractivity (Wildman–Crippen MR) is 126 cm³/mol. The van der Waals surface area contributed by atoms with Gasteiger partial charge in [0, 0.05) is 22.2 Å². The average molecular weight is 435 g/mol. The first-order valence-corrected chi connectivity index (χ1v) is 9.98. The van der Waals surface area contributed by atoms with E-state index in [1.54, 1.807) is 57.7 Å². The van der Waals surface area contributed by atoms with E-state index < -0.39 is 0 Å². The number of hydrogen-bond donors (Lipinski definition) is 0. The van der Waals surface area contributed by atoms with E-state index >= 15 is 0 Å². The molecule has 0 aromatic heterocycles.